The molecule has 0 aromatic heterocycles. The molecule has 80 heavy (non-hydrogen) atoms. The minimum absolute atomic E-state index is 0.0776. The zero-order valence-electron chi connectivity index (χ0n) is 52.6. The first kappa shape index (κ1) is 76.1. The van der Waals surface area contributed by atoms with Gasteiger partial charge in [-0.25, -0.2) is 0 Å². The molecule has 0 aliphatic carbocycles. The second-order valence-electron chi connectivity index (χ2n) is 22.3. The van der Waals surface area contributed by atoms with Gasteiger partial charge in [0.1, 0.15) is 13.2 Å². The molecule has 0 aliphatic rings. The van der Waals surface area contributed by atoms with Crippen LogP contribution in [0.15, 0.2) is 109 Å². The molecule has 0 aromatic rings. The summed E-state index contributed by atoms with van der Waals surface area (Å²) in [6, 6.07) is 0. The Kier molecular flexibility index (Phi) is 64.3. The second-order valence-corrected chi connectivity index (χ2v) is 22.3. The van der Waals surface area contributed by atoms with Crippen LogP contribution in [0.5, 0.6) is 0 Å². The SMILES string of the molecule is CC/C=C\C/C=C\C/C=C\C/C=C\C/C=C\CCCCCCCCCCCC(=O)OC(COC(=O)CCCCCCCCCC)COC(=O)CCCCCCCCCCCCCCCCCC/C=C\C/C=C\C/C=C\C/C=C\CC. The van der Waals surface area contributed by atoms with Crippen LogP contribution in [-0.2, 0) is 28.6 Å². The molecule has 458 valence electrons. The molecule has 0 bridgehead atoms. The minimum Gasteiger partial charge on any atom is -0.462 e. The second kappa shape index (κ2) is 67.6. The highest BCUT2D eigenvalue weighted by Gasteiger charge is 2.19. The summed E-state index contributed by atoms with van der Waals surface area (Å²) in [7, 11) is 0. The molecule has 0 radical (unpaired) electrons. The Balaban J connectivity index is 4.14. The third-order valence-corrected chi connectivity index (χ3v) is 14.5. The predicted molar refractivity (Wildman–Crippen MR) is 348 cm³/mol. The maximum Gasteiger partial charge on any atom is 0.306 e. The van der Waals surface area contributed by atoms with Crippen LogP contribution < -0.4 is 0 Å². The van der Waals surface area contributed by atoms with Gasteiger partial charge in [-0.1, -0.05) is 310 Å². The molecule has 0 saturated heterocycles. The molecule has 0 heterocycles. The quantitative estimate of drug-likeness (QED) is 0.0261. The average Bonchev–Trinajstić information content (AvgIpc) is 3.46. The summed E-state index contributed by atoms with van der Waals surface area (Å²) in [4.78, 5) is 38.2. The lowest BCUT2D eigenvalue weighted by atomic mass is 10.0. The molecule has 0 spiro atoms. The van der Waals surface area contributed by atoms with Crippen molar-refractivity contribution in [3.63, 3.8) is 0 Å². The molecule has 0 aromatic carbocycles. The van der Waals surface area contributed by atoms with Crippen LogP contribution in [0.2, 0.25) is 0 Å². The number of unbranched alkanes of at least 4 members (excludes halogenated alkanes) is 32. The van der Waals surface area contributed by atoms with Crippen molar-refractivity contribution in [1.29, 1.82) is 0 Å². The Morgan fingerprint density at radius 1 is 0.263 bits per heavy atom. The number of carbonyl (C=O) groups is 3. The van der Waals surface area contributed by atoms with Crippen LogP contribution in [0.25, 0.3) is 0 Å². The van der Waals surface area contributed by atoms with Gasteiger partial charge in [0.15, 0.2) is 6.10 Å². The fourth-order valence-corrected chi connectivity index (χ4v) is 9.52. The first-order chi connectivity index (χ1) is 39.5. The van der Waals surface area contributed by atoms with Gasteiger partial charge in [-0.2, -0.15) is 0 Å². The molecule has 6 nitrogen and oxygen atoms in total. The molecule has 0 saturated carbocycles. The first-order valence-electron chi connectivity index (χ1n) is 33.9. The summed E-state index contributed by atoms with van der Waals surface area (Å²) in [5.41, 5.74) is 0. The van der Waals surface area contributed by atoms with E-state index in [1.54, 1.807) is 0 Å². The fourth-order valence-electron chi connectivity index (χ4n) is 9.52. The Morgan fingerprint density at radius 3 is 0.762 bits per heavy atom. The number of rotatable bonds is 61. The largest absolute Gasteiger partial charge is 0.462 e. The highest BCUT2D eigenvalue weighted by atomic mass is 16.6. The van der Waals surface area contributed by atoms with Crippen LogP contribution >= 0.6 is 0 Å². The number of allylic oxidation sites excluding steroid dienone is 18. The van der Waals surface area contributed by atoms with Gasteiger partial charge >= 0.3 is 17.9 Å². The van der Waals surface area contributed by atoms with E-state index in [1.807, 2.05) is 0 Å². The highest BCUT2D eigenvalue weighted by molar-refractivity contribution is 5.71. The van der Waals surface area contributed by atoms with Crippen molar-refractivity contribution in [3.05, 3.63) is 109 Å². The molecule has 0 fully saturated rings. The Morgan fingerprint density at radius 2 is 0.487 bits per heavy atom. The average molecular weight is 1110 g/mol. The fraction of sp³-hybridized carbons (Fsp3) is 0.716. The van der Waals surface area contributed by atoms with E-state index in [0.29, 0.717) is 19.3 Å². The summed E-state index contributed by atoms with van der Waals surface area (Å²) in [6.45, 7) is 6.41. The van der Waals surface area contributed by atoms with Gasteiger partial charge < -0.3 is 14.2 Å². The number of ether oxygens (including phenoxy) is 3. The van der Waals surface area contributed by atoms with E-state index >= 15 is 0 Å². The van der Waals surface area contributed by atoms with Crippen molar-refractivity contribution in [2.24, 2.45) is 0 Å². The number of hydrogen-bond donors (Lipinski definition) is 0. The van der Waals surface area contributed by atoms with Gasteiger partial charge in [0.2, 0.25) is 0 Å². The normalized spacial score (nSPS) is 12.8. The summed E-state index contributed by atoms with van der Waals surface area (Å²) in [6.07, 6.45) is 92.7. The molecule has 0 N–H and O–H groups in total. The number of hydrogen-bond acceptors (Lipinski definition) is 6. The van der Waals surface area contributed by atoms with E-state index in [1.165, 1.54) is 161 Å². The zero-order valence-corrected chi connectivity index (χ0v) is 52.6. The van der Waals surface area contributed by atoms with Crippen molar-refractivity contribution >= 4 is 17.9 Å². The molecular formula is C74H126O6. The Labute approximate surface area is 495 Å². The molecule has 0 amide bonds. The standard InChI is InChI=1S/C74H126O6/c1-4-7-10-13-16-19-21-23-25-27-29-31-33-35-36-37-38-40-41-43-45-47-49-51-53-55-58-61-64-67-73(76)79-70-71(69-78-72(75)66-63-60-57-18-15-12-9-6-3)80-74(77)68-65-62-59-56-54-52-50-48-46-44-42-39-34-32-30-28-26-24-22-20-17-14-11-8-5-2/h7-8,10-11,16-17,19-20,23-26,29-32,39,42,71H,4-6,9,12-15,18,21-22,27-28,33-38,40-41,43-70H2,1-3H3/b10-7-,11-8-,19-16-,20-17-,25-23-,26-24-,31-29-,32-30-,42-39-. The lowest BCUT2D eigenvalue weighted by Crippen LogP contribution is -2.30. The van der Waals surface area contributed by atoms with E-state index in [4.69, 9.17) is 14.2 Å². The molecule has 6 heteroatoms. The highest BCUT2D eigenvalue weighted by Crippen LogP contribution is 2.17. The molecule has 1 atom stereocenters. The third kappa shape index (κ3) is 64.9. The van der Waals surface area contributed by atoms with Crippen molar-refractivity contribution in [3.8, 4) is 0 Å². The van der Waals surface area contributed by atoms with Crippen LogP contribution in [0, 0.1) is 0 Å². The topological polar surface area (TPSA) is 78.9 Å². The van der Waals surface area contributed by atoms with Crippen molar-refractivity contribution in [1.82, 2.24) is 0 Å². The number of esters is 3. The van der Waals surface area contributed by atoms with Gasteiger partial charge in [-0.15, -0.1) is 0 Å². The Bertz CT molecular complexity index is 1610. The van der Waals surface area contributed by atoms with E-state index in [2.05, 4.69) is 130 Å². The van der Waals surface area contributed by atoms with Gasteiger partial charge in [-0.05, 0) is 103 Å². The lowest BCUT2D eigenvalue weighted by molar-refractivity contribution is -0.167. The molecular weight excluding hydrogens is 985 g/mol. The summed E-state index contributed by atoms with van der Waals surface area (Å²) in [5, 5.41) is 0. The monoisotopic (exact) mass is 1110 g/mol. The van der Waals surface area contributed by atoms with E-state index in [0.717, 1.165) is 122 Å². The smallest absolute Gasteiger partial charge is 0.306 e. The van der Waals surface area contributed by atoms with Gasteiger partial charge in [0, 0.05) is 19.3 Å². The van der Waals surface area contributed by atoms with Gasteiger partial charge in [0.05, 0.1) is 0 Å². The summed E-state index contributed by atoms with van der Waals surface area (Å²) in [5.74, 6) is -0.877. The van der Waals surface area contributed by atoms with Crippen molar-refractivity contribution in [2.75, 3.05) is 13.2 Å². The summed E-state index contributed by atoms with van der Waals surface area (Å²) < 4.78 is 16.9. The van der Waals surface area contributed by atoms with Crippen LogP contribution in [0.1, 0.15) is 323 Å². The van der Waals surface area contributed by atoms with Crippen molar-refractivity contribution < 1.29 is 28.6 Å². The number of carbonyl (C=O) groups excluding carboxylic acids is 3. The van der Waals surface area contributed by atoms with Crippen LogP contribution in [0.4, 0.5) is 0 Å². The van der Waals surface area contributed by atoms with Crippen LogP contribution in [0.3, 0.4) is 0 Å². The van der Waals surface area contributed by atoms with Gasteiger partial charge in [0.25, 0.3) is 0 Å². The van der Waals surface area contributed by atoms with Crippen molar-refractivity contribution in [2.45, 2.75) is 329 Å². The van der Waals surface area contributed by atoms with Crippen LogP contribution in [-0.4, -0.2) is 37.2 Å². The molecule has 0 aliphatic heterocycles. The minimum atomic E-state index is -0.780. The Hall–Kier alpha value is -3.93. The third-order valence-electron chi connectivity index (χ3n) is 14.5. The van der Waals surface area contributed by atoms with Gasteiger partial charge in [-0.3, -0.25) is 14.4 Å². The maximum absolute atomic E-state index is 12.9. The van der Waals surface area contributed by atoms with E-state index < -0.39 is 6.10 Å². The molecule has 1 unspecified atom stereocenters. The van der Waals surface area contributed by atoms with E-state index in [9.17, 15) is 14.4 Å². The summed E-state index contributed by atoms with van der Waals surface area (Å²) >= 11 is 0. The first-order valence-corrected chi connectivity index (χ1v) is 33.9. The lowest BCUT2D eigenvalue weighted by Gasteiger charge is -2.18. The maximum atomic E-state index is 12.9. The van der Waals surface area contributed by atoms with E-state index in [-0.39, 0.29) is 31.1 Å². The zero-order chi connectivity index (χ0) is 57.8. The molecule has 0 rings (SSSR count). The predicted octanol–water partition coefficient (Wildman–Crippen LogP) is 23.4.